The Labute approximate surface area is 86.5 Å². The summed E-state index contributed by atoms with van der Waals surface area (Å²) in [5.74, 6) is 0.775. The van der Waals surface area contributed by atoms with E-state index in [0.717, 1.165) is 12.3 Å². The van der Waals surface area contributed by atoms with Crippen molar-refractivity contribution in [3.8, 4) is 0 Å². The Kier molecular flexibility index (Phi) is 4.34. The summed E-state index contributed by atoms with van der Waals surface area (Å²) in [5, 5.41) is 2.51. The molecule has 0 heterocycles. The van der Waals surface area contributed by atoms with Gasteiger partial charge in [-0.2, -0.15) is 0 Å². The molecule has 0 amide bonds. The first-order valence-electron chi connectivity index (χ1n) is 5.19. The molecule has 4 nitrogen and oxygen atoms in total. The molecule has 0 aromatic rings. The summed E-state index contributed by atoms with van der Waals surface area (Å²) < 4.78 is 25.8. The monoisotopic (exact) mass is 220 g/mol. The highest BCUT2D eigenvalue weighted by Crippen LogP contribution is 2.31. The maximum Gasteiger partial charge on any atom is 0.215 e. The van der Waals surface area contributed by atoms with E-state index in [0.29, 0.717) is 13.1 Å². The topological polar surface area (TPSA) is 58.2 Å². The minimum absolute atomic E-state index is 0.355. The van der Waals surface area contributed by atoms with Crippen molar-refractivity contribution in [1.82, 2.24) is 10.0 Å². The van der Waals surface area contributed by atoms with Crippen LogP contribution in [0.4, 0.5) is 0 Å². The molecule has 14 heavy (non-hydrogen) atoms. The van der Waals surface area contributed by atoms with Gasteiger partial charge in [0.1, 0.15) is 0 Å². The smallest absolute Gasteiger partial charge is 0.215 e. The van der Waals surface area contributed by atoms with E-state index >= 15 is 0 Å². The zero-order chi connectivity index (χ0) is 10.6. The average Bonchev–Trinajstić information content (AvgIpc) is 2.88. The van der Waals surface area contributed by atoms with Gasteiger partial charge in [0.05, 0.1) is 5.25 Å². The third-order valence-electron chi connectivity index (χ3n) is 2.57. The summed E-state index contributed by atoms with van der Waals surface area (Å²) in [5.41, 5.74) is 0. The van der Waals surface area contributed by atoms with Crippen LogP contribution in [0, 0.1) is 5.92 Å². The zero-order valence-electron chi connectivity index (χ0n) is 8.91. The summed E-state index contributed by atoms with van der Waals surface area (Å²) in [6.45, 7) is 2.82. The molecule has 2 N–H and O–H groups in total. The molecular formula is C9H20N2O2S. The molecule has 1 saturated carbocycles. The second-order valence-electron chi connectivity index (χ2n) is 4.04. The minimum atomic E-state index is -3.10. The highest BCUT2D eigenvalue weighted by atomic mass is 32.2. The maximum atomic E-state index is 11.6. The van der Waals surface area contributed by atoms with Gasteiger partial charge < -0.3 is 5.32 Å². The molecule has 0 aromatic heterocycles. The van der Waals surface area contributed by atoms with Crippen LogP contribution in [0.2, 0.25) is 0 Å². The number of hydrogen-bond donors (Lipinski definition) is 2. The molecule has 0 bridgehead atoms. The predicted octanol–water partition coefficient (Wildman–Crippen LogP) is 0.314. The van der Waals surface area contributed by atoms with E-state index in [-0.39, 0.29) is 5.25 Å². The Balaban J connectivity index is 2.24. The van der Waals surface area contributed by atoms with E-state index in [9.17, 15) is 8.42 Å². The third kappa shape index (κ3) is 3.94. The fraction of sp³-hybridized carbons (Fsp3) is 1.00. The van der Waals surface area contributed by atoms with Crippen LogP contribution in [0.5, 0.6) is 0 Å². The van der Waals surface area contributed by atoms with E-state index < -0.39 is 10.0 Å². The van der Waals surface area contributed by atoms with Crippen LogP contribution in [0.3, 0.4) is 0 Å². The summed E-state index contributed by atoms with van der Waals surface area (Å²) in [6.07, 6.45) is 3.53. The Morgan fingerprint density at radius 2 is 2.07 bits per heavy atom. The van der Waals surface area contributed by atoms with Crippen LogP contribution < -0.4 is 10.0 Å². The number of nitrogens with one attached hydrogen (secondary N) is 2. The fourth-order valence-electron chi connectivity index (χ4n) is 1.35. The molecule has 1 unspecified atom stereocenters. The van der Waals surface area contributed by atoms with Crippen LogP contribution in [-0.4, -0.2) is 33.8 Å². The van der Waals surface area contributed by atoms with Gasteiger partial charge in [-0.25, -0.2) is 13.1 Å². The van der Waals surface area contributed by atoms with Crippen molar-refractivity contribution in [3.05, 3.63) is 0 Å². The Hall–Kier alpha value is -0.130. The van der Waals surface area contributed by atoms with Crippen molar-refractivity contribution in [2.75, 3.05) is 20.1 Å². The molecule has 84 valence electrons. The van der Waals surface area contributed by atoms with E-state index in [1.807, 2.05) is 0 Å². The second-order valence-corrected chi connectivity index (χ2v) is 6.22. The molecule has 0 aliphatic heterocycles. The van der Waals surface area contributed by atoms with Gasteiger partial charge in [-0.1, -0.05) is 12.8 Å². The minimum Gasteiger partial charge on any atom is -0.318 e. The lowest BCUT2D eigenvalue weighted by Crippen LogP contribution is -2.38. The van der Waals surface area contributed by atoms with E-state index in [1.54, 1.807) is 14.0 Å². The molecule has 1 rings (SSSR count). The fourth-order valence-corrected chi connectivity index (χ4v) is 2.42. The van der Waals surface area contributed by atoms with Gasteiger partial charge in [-0.3, -0.25) is 0 Å². The van der Waals surface area contributed by atoms with Crippen LogP contribution in [0.15, 0.2) is 0 Å². The number of hydrogen-bond acceptors (Lipinski definition) is 3. The SMILES string of the molecule is CNCC(C)S(=O)(=O)NCCC1CC1. The number of rotatable bonds is 7. The quantitative estimate of drug-likeness (QED) is 0.649. The van der Waals surface area contributed by atoms with E-state index in [1.165, 1.54) is 12.8 Å². The van der Waals surface area contributed by atoms with Gasteiger partial charge in [-0.15, -0.1) is 0 Å². The lowest BCUT2D eigenvalue weighted by Gasteiger charge is -2.12. The van der Waals surface area contributed by atoms with E-state index in [4.69, 9.17) is 0 Å². The summed E-state index contributed by atoms with van der Waals surface area (Å²) >= 11 is 0. The highest BCUT2D eigenvalue weighted by molar-refractivity contribution is 7.90. The van der Waals surface area contributed by atoms with Gasteiger partial charge in [0.2, 0.25) is 10.0 Å². The van der Waals surface area contributed by atoms with Crippen molar-refractivity contribution in [1.29, 1.82) is 0 Å². The highest BCUT2D eigenvalue weighted by Gasteiger charge is 2.23. The van der Waals surface area contributed by atoms with Crippen LogP contribution >= 0.6 is 0 Å². The molecule has 1 aliphatic carbocycles. The standard InChI is InChI=1S/C9H20N2O2S/c1-8(7-10-2)14(12,13)11-6-5-9-3-4-9/h8-11H,3-7H2,1-2H3. The van der Waals surface area contributed by atoms with Crippen molar-refractivity contribution in [2.45, 2.75) is 31.4 Å². The molecule has 1 aliphatic rings. The Morgan fingerprint density at radius 3 is 2.57 bits per heavy atom. The molecule has 0 spiro atoms. The third-order valence-corrected chi connectivity index (χ3v) is 4.41. The van der Waals surface area contributed by atoms with Crippen LogP contribution in [0.1, 0.15) is 26.2 Å². The predicted molar refractivity (Wildman–Crippen MR) is 57.7 cm³/mol. The normalized spacial score (nSPS) is 19.6. The Morgan fingerprint density at radius 1 is 1.43 bits per heavy atom. The van der Waals surface area contributed by atoms with Gasteiger partial charge in [0.15, 0.2) is 0 Å². The van der Waals surface area contributed by atoms with Crippen molar-refractivity contribution >= 4 is 10.0 Å². The Bertz CT molecular complexity index is 260. The van der Waals surface area contributed by atoms with Crippen LogP contribution in [0.25, 0.3) is 0 Å². The van der Waals surface area contributed by atoms with Crippen molar-refractivity contribution in [2.24, 2.45) is 5.92 Å². The number of sulfonamides is 1. The average molecular weight is 220 g/mol. The summed E-state index contributed by atoms with van der Waals surface area (Å²) in [7, 11) is -1.34. The molecule has 0 saturated heterocycles. The lowest BCUT2D eigenvalue weighted by atomic mass is 10.3. The van der Waals surface area contributed by atoms with Gasteiger partial charge in [-0.05, 0) is 26.3 Å². The molecule has 5 heteroatoms. The largest absolute Gasteiger partial charge is 0.318 e. The molecule has 1 atom stereocenters. The molecular weight excluding hydrogens is 200 g/mol. The molecule has 0 radical (unpaired) electrons. The maximum absolute atomic E-state index is 11.6. The van der Waals surface area contributed by atoms with Crippen molar-refractivity contribution in [3.63, 3.8) is 0 Å². The summed E-state index contributed by atoms with van der Waals surface area (Å²) in [4.78, 5) is 0. The molecule has 0 aromatic carbocycles. The van der Waals surface area contributed by atoms with Crippen LogP contribution in [-0.2, 0) is 10.0 Å². The lowest BCUT2D eigenvalue weighted by molar-refractivity contribution is 0.558. The van der Waals surface area contributed by atoms with Gasteiger partial charge >= 0.3 is 0 Å². The first-order chi connectivity index (χ1) is 6.56. The van der Waals surface area contributed by atoms with Crippen molar-refractivity contribution < 1.29 is 8.42 Å². The first-order valence-corrected chi connectivity index (χ1v) is 6.74. The second kappa shape index (κ2) is 5.09. The zero-order valence-corrected chi connectivity index (χ0v) is 9.73. The van der Waals surface area contributed by atoms with Gasteiger partial charge in [0.25, 0.3) is 0 Å². The van der Waals surface area contributed by atoms with E-state index in [2.05, 4.69) is 10.0 Å². The summed E-state index contributed by atoms with van der Waals surface area (Å²) in [6, 6.07) is 0. The first kappa shape index (κ1) is 11.9. The van der Waals surface area contributed by atoms with Gasteiger partial charge in [0, 0.05) is 13.1 Å². The molecule has 1 fully saturated rings.